The fraction of sp³-hybridized carbons (Fsp3) is 0.148. The molecule has 4 aromatic rings. The van der Waals surface area contributed by atoms with E-state index >= 15 is 0 Å². The summed E-state index contributed by atoms with van der Waals surface area (Å²) in [5.74, 6) is -0.0274. The molecule has 0 spiro atoms. The Hall–Kier alpha value is -3.57. The van der Waals surface area contributed by atoms with Gasteiger partial charge in [0.25, 0.3) is 5.91 Å². The molecule has 5 heteroatoms. The maximum atomic E-state index is 13.7. The number of hydrogen-bond acceptors (Lipinski definition) is 4. The van der Waals surface area contributed by atoms with E-state index in [2.05, 4.69) is 17.1 Å². The van der Waals surface area contributed by atoms with Crippen LogP contribution in [-0.4, -0.2) is 28.6 Å². The molecule has 0 atom stereocenters. The average molecular weight is 441 g/mol. The molecular weight excluding hydrogens is 416 g/mol. The van der Waals surface area contributed by atoms with Gasteiger partial charge >= 0.3 is 0 Å². The van der Waals surface area contributed by atoms with Gasteiger partial charge in [-0.05, 0) is 35.6 Å². The summed E-state index contributed by atoms with van der Waals surface area (Å²) in [6.45, 7) is 0.988. The minimum absolute atomic E-state index is 0.0274. The topological polar surface area (TPSA) is 50.3 Å². The van der Waals surface area contributed by atoms with Gasteiger partial charge in [0, 0.05) is 17.5 Å². The molecule has 0 unspecified atom stereocenters. The van der Waals surface area contributed by atoms with Crippen molar-refractivity contribution >= 4 is 23.5 Å². The summed E-state index contributed by atoms with van der Waals surface area (Å²) in [6, 6.07) is 28.0. The monoisotopic (exact) mass is 440 g/mol. The summed E-state index contributed by atoms with van der Waals surface area (Å²) in [7, 11) is 0. The molecule has 0 fully saturated rings. The highest BCUT2D eigenvalue weighted by Crippen LogP contribution is 2.25. The van der Waals surface area contributed by atoms with Gasteiger partial charge in [-0.15, -0.1) is 11.3 Å². The number of benzene rings is 3. The number of nitrogens with zero attached hydrogens (tertiary/aromatic N) is 2. The van der Waals surface area contributed by atoms with E-state index in [0.717, 1.165) is 35.3 Å². The van der Waals surface area contributed by atoms with Crippen molar-refractivity contribution in [2.24, 2.45) is 0 Å². The summed E-state index contributed by atoms with van der Waals surface area (Å²) in [4.78, 5) is 30.9. The van der Waals surface area contributed by atoms with Crippen LogP contribution in [0.3, 0.4) is 0 Å². The molecule has 1 heterocycles. The van der Waals surface area contributed by atoms with Gasteiger partial charge in [0.2, 0.25) is 0 Å². The summed E-state index contributed by atoms with van der Waals surface area (Å²) < 4.78 is 0. The van der Waals surface area contributed by atoms with Crippen molar-refractivity contribution in [3.05, 3.63) is 112 Å². The van der Waals surface area contributed by atoms with E-state index in [1.165, 1.54) is 16.9 Å². The molecule has 32 heavy (non-hydrogen) atoms. The van der Waals surface area contributed by atoms with Crippen molar-refractivity contribution in [3.8, 4) is 11.1 Å². The molecule has 0 aliphatic heterocycles. The van der Waals surface area contributed by atoms with Crippen LogP contribution in [0.1, 0.15) is 37.8 Å². The van der Waals surface area contributed by atoms with Gasteiger partial charge in [-0.1, -0.05) is 78.9 Å². The Morgan fingerprint density at radius 1 is 0.906 bits per heavy atom. The summed E-state index contributed by atoms with van der Waals surface area (Å²) >= 11 is 1.41. The van der Waals surface area contributed by atoms with Crippen LogP contribution in [0.15, 0.2) is 90.3 Å². The normalized spacial score (nSPS) is 10.6. The van der Waals surface area contributed by atoms with Crippen molar-refractivity contribution in [3.63, 3.8) is 0 Å². The Morgan fingerprint density at radius 2 is 1.59 bits per heavy atom. The number of aldehydes is 1. The third-order valence-corrected chi connectivity index (χ3v) is 6.13. The molecule has 0 N–H and O–H groups in total. The number of rotatable bonds is 9. The number of carbonyl (C=O) groups is 2. The second-order valence-electron chi connectivity index (χ2n) is 7.51. The van der Waals surface area contributed by atoms with E-state index in [4.69, 9.17) is 0 Å². The highest BCUT2D eigenvalue weighted by Gasteiger charge is 2.20. The molecule has 0 radical (unpaired) electrons. The average Bonchev–Trinajstić information content (AvgIpc) is 3.32. The molecule has 0 aliphatic carbocycles. The second kappa shape index (κ2) is 10.6. The van der Waals surface area contributed by atoms with E-state index in [-0.39, 0.29) is 5.91 Å². The van der Waals surface area contributed by atoms with Gasteiger partial charge in [0.15, 0.2) is 6.29 Å². The fourth-order valence-electron chi connectivity index (χ4n) is 3.70. The molecule has 160 valence electrons. The van der Waals surface area contributed by atoms with Crippen LogP contribution in [0.2, 0.25) is 0 Å². The van der Waals surface area contributed by atoms with Crippen LogP contribution < -0.4 is 0 Å². The van der Waals surface area contributed by atoms with Crippen molar-refractivity contribution in [2.45, 2.75) is 19.4 Å². The number of aromatic nitrogens is 1. The van der Waals surface area contributed by atoms with E-state index < -0.39 is 0 Å². The lowest BCUT2D eigenvalue weighted by Crippen LogP contribution is -2.32. The smallest absolute Gasteiger partial charge is 0.254 e. The van der Waals surface area contributed by atoms with Crippen molar-refractivity contribution in [1.82, 2.24) is 9.88 Å². The third-order valence-electron chi connectivity index (χ3n) is 5.28. The molecule has 3 aromatic carbocycles. The highest BCUT2D eigenvalue weighted by molar-refractivity contribution is 7.09. The van der Waals surface area contributed by atoms with Crippen LogP contribution >= 0.6 is 11.3 Å². The minimum Gasteiger partial charge on any atom is -0.332 e. The fourth-order valence-corrected chi connectivity index (χ4v) is 4.45. The predicted octanol–water partition coefficient (Wildman–Crippen LogP) is 5.90. The molecule has 4 rings (SSSR count). The Labute approximate surface area is 192 Å². The zero-order valence-corrected chi connectivity index (χ0v) is 18.5. The minimum atomic E-state index is -0.0274. The summed E-state index contributed by atoms with van der Waals surface area (Å²) in [6.07, 6.45) is 2.48. The SMILES string of the molecule is O=Cc1csc(CN(CCCc2ccccc2)C(=O)c2ccccc2-c2ccccc2)n1. The molecule has 1 aromatic heterocycles. The zero-order valence-electron chi connectivity index (χ0n) is 17.7. The molecule has 0 aliphatic rings. The van der Waals surface area contributed by atoms with Crippen LogP contribution in [0.5, 0.6) is 0 Å². The van der Waals surface area contributed by atoms with Crippen LogP contribution in [0.25, 0.3) is 11.1 Å². The molecular formula is C27H24N2O2S. The lowest BCUT2D eigenvalue weighted by Gasteiger charge is -2.23. The quantitative estimate of drug-likeness (QED) is 0.305. The zero-order chi connectivity index (χ0) is 22.2. The standard InChI is InChI=1S/C27H24N2O2S/c30-19-23-20-32-26(28-23)18-29(17-9-12-21-10-3-1-4-11-21)27(31)25-16-8-7-15-24(25)22-13-5-2-6-14-22/h1-8,10-11,13-16,19-20H,9,12,17-18H2. The predicted molar refractivity (Wildman–Crippen MR) is 129 cm³/mol. The lowest BCUT2D eigenvalue weighted by molar-refractivity contribution is 0.0742. The Morgan fingerprint density at radius 3 is 2.31 bits per heavy atom. The van der Waals surface area contributed by atoms with Crippen molar-refractivity contribution in [2.75, 3.05) is 6.54 Å². The highest BCUT2D eigenvalue weighted by atomic mass is 32.1. The van der Waals surface area contributed by atoms with Gasteiger partial charge in [0.05, 0.1) is 6.54 Å². The maximum absolute atomic E-state index is 13.7. The van der Waals surface area contributed by atoms with E-state index in [9.17, 15) is 9.59 Å². The van der Waals surface area contributed by atoms with Crippen LogP contribution in [0, 0.1) is 0 Å². The van der Waals surface area contributed by atoms with Crippen molar-refractivity contribution < 1.29 is 9.59 Å². The van der Waals surface area contributed by atoms with Crippen LogP contribution in [0.4, 0.5) is 0 Å². The lowest BCUT2D eigenvalue weighted by atomic mass is 9.98. The van der Waals surface area contributed by atoms with E-state index in [1.807, 2.05) is 77.7 Å². The van der Waals surface area contributed by atoms with Gasteiger partial charge in [-0.25, -0.2) is 4.98 Å². The number of aryl methyl sites for hydroxylation is 1. The summed E-state index contributed by atoms with van der Waals surface area (Å²) in [5, 5.41) is 2.49. The largest absolute Gasteiger partial charge is 0.332 e. The Balaban J connectivity index is 1.58. The molecule has 0 bridgehead atoms. The van der Waals surface area contributed by atoms with Gasteiger partial charge < -0.3 is 4.90 Å². The number of amides is 1. The Bertz CT molecular complexity index is 1170. The molecule has 1 amide bonds. The van der Waals surface area contributed by atoms with Gasteiger partial charge in [-0.2, -0.15) is 0 Å². The summed E-state index contributed by atoms with van der Waals surface area (Å²) in [5.41, 5.74) is 4.26. The second-order valence-corrected chi connectivity index (χ2v) is 8.45. The van der Waals surface area contributed by atoms with Crippen molar-refractivity contribution in [1.29, 1.82) is 0 Å². The number of hydrogen-bond donors (Lipinski definition) is 0. The number of thiazole rings is 1. The number of carbonyl (C=O) groups excluding carboxylic acids is 2. The van der Waals surface area contributed by atoms with E-state index in [0.29, 0.717) is 24.3 Å². The van der Waals surface area contributed by atoms with Gasteiger partial charge in [0.1, 0.15) is 10.7 Å². The first kappa shape index (κ1) is 21.7. The molecule has 0 saturated heterocycles. The van der Waals surface area contributed by atoms with Crippen LogP contribution in [-0.2, 0) is 13.0 Å². The van der Waals surface area contributed by atoms with Gasteiger partial charge in [-0.3, -0.25) is 9.59 Å². The first-order valence-corrected chi connectivity index (χ1v) is 11.5. The Kier molecular flexibility index (Phi) is 7.20. The first-order chi connectivity index (χ1) is 15.7. The molecule has 0 saturated carbocycles. The first-order valence-electron chi connectivity index (χ1n) is 10.6. The van der Waals surface area contributed by atoms with E-state index in [1.54, 1.807) is 5.38 Å². The molecule has 4 nitrogen and oxygen atoms in total. The third kappa shape index (κ3) is 5.37. The maximum Gasteiger partial charge on any atom is 0.254 e.